The fourth-order valence-corrected chi connectivity index (χ4v) is 1.46. The van der Waals surface area contributed by atoms with Gasteiger partial charge in [0, 0.05) is 13.1 Å². The highest BCUT2D eigenvalue weighted by atomic mass is 16.5. The number of morpholine rings is 1. The van der Waals surface area contributed by atoms with Crippen LogP contribution in [-0.2, 0) is 11.3 Å². The van der Waals surface area contributed by atoms with E-state index in [2.05, 4.69) is 20.1 Å². The molecule has 1 aromatic rings. The van der Waals surface area contributed by atoms with E-state index in [-0.39, 0.29) is 12.7 Å². The summed E-state index contributed by atoms with van der Waals surface area (Å²) in [5.74, 6) is 1.11. The summed E-state index contributed by atoms with van der Waals surface area (Å²) in [6, 6.07) is 0. The molecular formula is C8H14N4O2. The first-order valence-corrected chi connectivity index (χ1v) is 4.62. The van der Waals surface area contributed by atoms with Gasteiger partial charge in [0.15, 0.2) is 5.82 Å². The van der Waals surface area contributed by atoms with Crippen LogP contribution >= 0.6 is 0 Å². The summed E-state index contributed by atoms with van der Waals surface area (Å²) in [5, 5.41) is 15.5. The van der Waals surface area contributed by atoms with Crippen LogP contribution in [0.3, 0.4) is 0 Å². The van der Waals surface area contributed by atoms with E-state index >= 15 is 0 Å². The van der Waals surface area contributed by atoms with Crippen molar-refractivity contribution in [2.75, 3.05) is 26.7 Å². The van der Waals surface area contributed by atoms with E-state index in [0.29, 0.717) is 18.3 Å². The molecule has 2 rings (SSSR count). The molecule has 14 heavy (non-hydrogen) atoms. The highest BCUT2D eigenvalue weighted by molar-refractivity contribution is 4.95. The first-order chi connectivity index (χ1) is 6.79. The van der Waals surface area contributed by atoms with E-state index in [9.17, 15) is 0 Å². The van der Waals surface area contributed by atoms with Crippen LogP contribution in [0.25, 0.3) is 0 Å². The van der Waals surface area contributed by atoms with Gasteiger partial charge in [0.2, 0.25) is 0 Å². The minimum Gasteiger partial charge on any atom is -0.388 e. The van der Waals surface area contributed by atoms with Gasteiger partial charge in [0.05, 0.1) is 6.61 Å². The fraction of sp³-hybridized carbons (Fsp3) is 0.750. The van der Waals surface area contributed by atoms with Gasteiger partial charge in [-0.2, -0.15) is 5.10 Å². The van der Waals surface area contributed by atoms with Crippen molar-refractivity contribution in [1.29, 1.82) is 0 Å². The average Bonchev–Trinajstić information content (AvgIpc) is 2.66. The number of aromatic nitrogens is 3. The van der Waals surface area contributed by atoms with Gasteiger partial charge in [-0.05, 0) is 7.05 Å². The first-order valence-electron chi connectivity index (χ1n) is 4.62. The van der Waals surface area contributed by atoms with E-state index in [1.54, 1.807) is 0 Å². The molecule has 1 unspecified atom stereocenters. The Hall–Kier alpha value is -0.980. The van der Waals surface area contributed by atoms with Gasteiger partial charge in [-0.3, -0.25) is 5.10 Å². The third-order valence-corrected chi connectivity index (χ3v) is 2.26. The van der Waals surface area contributed by atoms with Crippen molar-refractivity contribution in [2.24, 2.45) is 0 Å². The van der Waals surface area contributed by atoms with Crippen LogP contribution in [0.4, 0.5) is 0 Å². The number of hydrogen-bond donors (Lipinski definition) is 2. The molecule has 0 amide bonds. The highest BCUT2D eigenvalue weighted by Gasteiger charge is 2.22. The predicted molar refractivity (Wildman–Crippen MR) is 48.5 cm³/mol. The zero-order valence-corrected chi connectivity index (χ0v) is 8.10. The molecule has 2 N–H and O–H groups in total. The van der Waals surface area contributed by atoms with Crippen LogP contribution in [0.5, 0.6) is 0 Å². The van der Waals surface area contributed by atoms with Crippen LogP contribution in [0.2, 0.25) is 0 Å². The Bertz CT molecular complexity index is 301. The molecule has 1 atom stereocenters. The SMILES string of the molecule is CN1CCOC(c2n[nH]c(CO)n2)C1. The molecule has 6 nitrogen and oxygen atoms in total. The number of ether oxygens (including phenoxy) is 1. The summed E-state index contributed by atoms with van der Waals surface area (Å²) >= 11 is 0. The molecular weight excluding hydrogens is 184 g/mol. The lowest BCUT2D eigenvalue weighted by molar-refractivity contribution is -0.0253. The molecule has 0 saturated carbocycles. The van der Waals surface area contributed by atoms with Crippen LogP contribution in [0.1, 0.15) is 17.8 Å². The molecule has 78 valence electrons. The fourth-order valence-electron chi connectivity index (χ4n) is 1.46. The van der Waals surface area contributed by atoms with Gasteiger partial charge in [0.25, 0.3) is 0 Å². The Morgan fingerprint density at radius 1 is 1.71 bits per heavy atom. The molecule has 1 saturated heterocycles. The summed E-state index contributed by atoms with van der Waals surface area (Å²) in [5.41, 5.74) is 0. The third-order valence-electron chi connectivity index (χ3n) is 2.26. The molecule has 1 aliphatic heterocycles. The second-order valence-electron chi connectivity index (χ2n) is 3.42. The van der Waals surface area contributed by atoms with E-state index < -0.39 is 0 Å². The number of aromatic amines is 1. The van der Waals surface area contributed by atoms with Gasteiger partial charge in [-0.25, -0.2) is 4.98 Å². The van der Waals surface area contributed by atoms with Crippen molar-refractivity contribution in [3.8, 4) is 0 Å². The van der Waals surface area contributed by atoms with Crippen molar-refractivity contribution < 1.29 is 9.84 Å². The highest BCUT2D eigenvalue weighted by Crippen LogP contribution is 2.17. The normalized spacial score (nSPS) is 24.0. The molecule has 1 fully saturated rings. The Kier molecular flexibility index (Phi) is 2.76. The summed E-state index contributed by atoms with van der Waals surface area (Å²) in [6.07, 6.45) is -0.0784. The first kappa shape index (κ1) is 9.57. The monoisotopic (exact) mass is 198 g/mol. The van der Waals surface area contributed by atoms with E-state index in [0.717, 1.165) is 13.1 Å². The number of nitrogens with zero attached hydrogens (tertiary/aromatic N) is 3. The maximum Gasteiger partial charge on any atom is 0.180 e. The van der Waals surface area contributed by atoms with Gasteiger partial charge in [-0.1, -0.05) is 0 Å². The number of rotatable bonds is 2. The standard InChI is InChI=1S/C8H14N4O2/c1-12-2-3-14-6(4-12)8-9-7(5-13)10-11-8/h6,13H,2-5H2,1H3,(H,9,10,11). The average molecular weight is 198 g/mol. The van der Waals surface area contributed by atoms with Crippen molar-refractivity contribution in [3.05, 3.63) is 11.6 Å². The molecule has 0 aliphatic carbocycles. The van der Waals surface area contributed by atoms with Crippen LogP contribution in [-0.4, -0.2) is 51.9 Å². The zero-order valence-electron chi connectivity index (χ0n) is 8.10. The van der Waals surface area contributed by atoms with Crippen molar-refractivity contribution in [1.82, 2.24) is 20.1 Å². The second-order valence-corrected chi connectivity index (χ2v) is 3.42. The van der Waals surface area contributed by atoms with E-state index in [1.165, 1.54) is 0 Å². The molecule has 1 aliphatic rings. The molecule has 2 heterocycles. The number of aliphatic hydroxyl groups excluding tert-OH is 1. The maximum atomic E-state index is 8.82. The second kappa shape index (κ2) is 4.04. The molecule has 0 bridgehead atoms. The third kappa shape index (κ3) is 1.92. The topological polar surface area (TPSA) is 74.3 Å². The Labute approximate surface area is 81.9 Å². The maximum absolute atomic E-state index is 8.82. The largest absolute Gasteiger partial charge is 0.388 e. The summed E-state index contributed by atoms with van der Waals surface area (Å²) in [4.78, 5) is 6.29. The zero-order chi connectivity index (χ0) is 9.97. The lowest BCUT2D eigenvalue weighted by atomic mass is 10.3. The van der Waals surface area contributed by atoms with Crippen molar-refractivity contribution in [3.63, 3.8) is 0 Å². The summed E-state index contributed by atoms with van der Waals surface area (Å²) in [7, 11) is 2.04. The minimum absolute atomic E-state index is 0.0784. The molecule has 0 spiro atoms. The summed E-state index contributed by atoms with van der Waals surface area (Å²) < 4.78 is 5.52. The minimum atomic E-state index is -0.116. The smallest absolute Gasteiger partial charge is 0.180 e. The van der Waals surface area contributed by atoms with E-state index in [1.807, 2.05) is 7.05 Å². The summed E-state index contributed by atoms with van der Waals surface area (Å²) in [6.45, 7) is 2.32. The molecule has 1 aromatic heterocycles. The Morgan fingerprint density at radius 3 is 3.21 bits per heavy atom. The lowest BCUT2D eigenvalue weighted by Gasteiger charge is -2.28. The number of hydrogen-bond acceptors (Lipinski definition) is 5. The van der Waals surface area contributed by atoms with Crippen molar-refractivity contribution in [2.45, 2.75) is 12.7 Å². The number of likely N-dealkylation sites (N-methyl/N-ethyl adjacent to an activating group) is 1. The van der Waals surface area contributed by atoms with Crippen LogP contribution in [0, 0.1) is 0 Å². The molecule has 0 radical (unpaired) electrons. The van der Waals surface area contributed by atoms with Gasteiger partial charge < -0.3 is 14.7 Å². The lowest BCUT2D eigenvalue weighted by Crippen LogP contribution is -2.35. The molecule has 6 heteroatoms. The Morgan fingerprint density at radius 2 is 2.57 bits per heavy atom. The van der Waals surface area contributed by atoms with Crippen LogP contribution < -0.4 is 0 Å². The van der Waals surface area contributed by atoms with Gasteiger partial charge in [0.1, 0.15) is 18.5 Å². The van der Waals surface area contributed by atoms with Crippen molar-refractivity contribution >= 4 is 0 Å². The molecule has 0 aromatic carbocycles. The van der Waals surface area contributed by atoms with E-state index in [4.69, 9.17) is 9.84 Å². The number of nitrogens with one attached hydrogen (secondary N) is 1. The number of H-pyrrole nitrogens is 1. The predicted octanol–water partition coefficient (Wildman–Crippen LogP) is -0.700. The van der Waals surface area contributed by atoms with Gasteiger partial charge in [-0.15, -0.1) is 0 Å². The van der Waals surface area contributed by atoms with Gasteiger partial charge >= 0.3 is 0 Å². The number of aliphatic hydroxyl groups is 1. The Balaban J connectivity index is 2.06. The quantitative estimate of drug-likeness (QED) is 0.657. The van der Waals surface area contributed by atoms with Crippen LogP contribution in [0.15, 0.2) is 0 Å².